The number of piperidine rings is 1. The maximum Gasteiger partial charge on any atom is 0.0856 e. The lowest BCUT2D eigenvalue weighted by Crippen LogP contribution is -2.44. The van der Waals surface area contributed by atoms with Gasteiger partial charge in [0.05, 0.1) is 6.67 Å². The first-order valence-electron chi connectivity index (χ1n) is 5.28. The third kappa shape index (κ3) is 2.45. The van der Waals surface area contributed by atoms with Crippen LogP contribution in [-0.2, 0) is 0 Å². The molecule has 1 fully saturated rings. The Hall–Kier alpha value is -0.540. The fraction of sp³-hybridized carbons (Fsp3) is 0.800. The molecule has 2 heterocycles. The molecule has 0 spiro atoms. The highest BCUT2D eigenvalue weighted by Crippen LogP contribution is 2.10. The summed E-state index contributed by atoms with van der Waals surface area (Å²) >= 11 is 0. The molecule has 3 nitrogen and oxygen atoms in total. The highest BCUT2D eigenvalue weighted by molar-refractivity contribution is 4.96. The third-order valence-electron chi connectivity index (χ3n) is 2.73. The van der Waals surface area contributed by atoms with Gasteiger partial charge in [-0.25, -0.2) is 5.43 Å². The van der Waals surface area contributed by atoms with E-state index < -0.39 is 0 Å². The minimum absolute atomic E-state index is 0.504. The van der Waals surface area contributed by atoms with E-state index in [4.69, 9.17) is 0 Å². The molecule has 0 aromatic rings. The summed E-state index contributed by atoms with van der Waals surface area (Å²) in [5, 5.41) is 2.19. The van der Waals surface area contributed by atoms with Crippen molar-refractivity contribution >= 4 is 0 Å². The van der Waals surface area contributed by atoms with Crippen LogP contribution >= 0.6 is 0 Å². The molecule has 1 atom stereocenters. The van der Waals surface area contributed by atoms with Gasteiger partial charge in [0.25, 0.3) is 0 Å². The first-order valence-corrected chi connectivity index (χ1v) is 5.28. The highest BCUT2D eigenvalue weighted by Gasteiger charge is 2.15. The Labute approximate surface area is 80.4 Å². The van der Waals surface area contributed by atoms with Crippen LogP contribution in [-0.4, -0.2) is 35.7 Å². The average Bonchev–Trinajstić information content (AvgIpc) is 2.53. The molecule has 0 saturated carbocycles. The van der Waals surface area contributed by atoms with Gasteiger partial charge >= 0.3 is 0 Å². The molecule has 2 rings (SSSR count). The van der Waals surface area contributed by atoms with E-state index in [1.807, 2.05) is 0 Å². The largest absolute Gasteiger partial charge is 0.301 e. The molecule has 74 valence electrons. The number of likely N-dealkylation sites (tertiary alicyclic amines) is 1. The minimum Gasteiger partial charge on any atom is -0.301 e. The van der Waals surface area contributed by atoms with Crippen LogP contribution in [0.25, 0.3) is 0 Å². The summed E-state index contributed by atoms with van der Waals surface area (Å²) in [6.45, 7) is 5.74. The van der Waals surface area contributed by atoms with E-state index in [1.54, 1.807) is 0 Å². The van der Waals surface area contributed by atoms with Gasteiger partial charge in [0, 0.05) is 12.2 Å². The van der Waals surface area contributed by atoms with E-state index in [2.05, 4.69) is 34.5 Å². The zero-order chi connectivity index (χ0) is 9.10. The van der Waals surface area contributed by atoms with Crippen molar-refractivity contribution in [2.24, 2.45) is 0 Å². The van der Waals surface area contributed by atoms with Crippen molar-refractivity contribution < 1.29 is 0 Å². The Kier molecular flexibility index (Phi) is 2.86. The SMILES string of the molecule is CC1C=CN(CN2CCCCC2)N1. The molecule has 0 aromatic heterocycles. The third-order valence-corrected chi connectivity index (χ3v) is 2.73. The van der Waals surface area contributed by atoms with Crippen molar-refractivity contribution in [2.75, 3.05) is 19.8 Å². The monoisotopic (exact) mass is 181 g/mol. The molecule has 0 radical (unpaired) electrons. The van der Waals surface area contributed by atoms with Gasteiger partial charge in [-0.3, -0.25) is 4.90 Å². The maximum absolute atomic E-state index is 3.38. The molecule has 2 aliphatic rings. The van der Waals surface area contributed by atoms with E-state index in [0.29, 0.717) is 6.04 Å². The molecule has 0 aromatic carbocycles. The van der Waals surface area contributed by atoms with Crippen molar-refractivity contribution in [3.63, 3.8) is 0 Å². The van der Waals surface area contributed by atoms with Crippen LogP contribution in [0.5, 0.6) is 0 Å². The van der Waals surface area contributed by atoms with Crippen LogP contribution in [0.3, 0.4) is 0 Å². The van der Waals surface area contributed by atoms with Crippen molar-refractivity contribution in [3.8, 4) is 0 Å². The molecular formula is C10H19N3. The number of hydrogen-bond acceptors (Lipinski definition) is 3. The van der Waals surface area contributed by atoms with Gasteiger partial charge in [-0.2, -0.15) is 0 Å². The fourth-order valence-corrected chi connectivity index (χ4v) is 1.98. The molecular weight excluding hydrogens is 162 g/mol. The van der Waals surface area contributed by atoms with Crippen LogP contribution in [0.2, 0.25) is 0 Å². The lowest BCUT2D eigenvalue weighted by molar-refractivity contribution is 0.117. The van der Waals surface area contributed by atoms with E-state index in [-0.39, 0.29) is 0 Å². The number of nitrogens with zero attached hydrogens (tertiary/aromatic N) is 2. The van der Waals surface area contributed by atoms with E-state index >= 15 is 0 Å². The van der Waals surface area contributed by atoms with Crippen LogP contribution in [0.4, 0.5) is 0 Å². The maximum atomic E-state index is 3.38. The predicted octanol–water partition coefficient (Wildman–Crippen LogP) is 1.15. The summed E-state index contributed by atoms with van der Waals surface area (Å²) in [4.78, 5) is 2.51. The van der Waals surface area contributed by atoms with E-state index in [0.717, 1.165) is 6.67 Å². The summed E-state index contributed by atoms with van der Waals surface area (Å²) in [6, 6.07) is 0.504. The summed E-state index contributed by atoms with van der Waals surface area (Å²) in [5.41, 5.74) is 3.38. The van der Waals surface area contributed by atoms with Gasteiger partial charge in [0.2, 0.25) is 0 Å². The molecule has 0 bridgehead atoms. The topological polar surface area (TPSA) is 18.5 Å². The fourth-order valence-electron chi connectivity index (χ4n) is 1.98. The number of hydrazine groups is 1. The number of hydrogen-bond donors (Lipinski definition) is 1. The molecule has 13 heavy (non-hydrogen) atoms. The Morgan fingerprint density at radius 3 is 2.69 bits per heavy atom. The van der Waals surface area contributed by atoms with Crippen LogP contribution in [0.1, 0.15) is 26.2 Å². The Morgan fingerprint density at radius 2 is 2.08 bits per heavy atom. The molecule has 1 N–H and O–H groups in total. The van der Waals surface area contributed by atoms with Gasteiger partial charge in [0.1, 0.15) is 0 Å². The Bertz CT molecular complexity index is 185. The quantitative estimate of drug-likeness (QED) is 0.689. The zero-order valence-corrected chi connectivity index (χ0v) is 8.37. The molecule has 1 unspecified atom stereocenters. The van der Waals surface area contributed by atoms with Crippen molar-refractivity contribution in [2.45, 2.75) is 32.2 Å². The molecule has 0 aliphatic carbocycles. The Morgan fingerprint density at radius 1 is 1.31 bits per heavy atom. The van der Waals surface area contributed by atoms with Crippen LogP contribution < -0.4 is 5.43 Å². The van der Waals surface area contributed by atoms with Crippen molar-refractivity contribution in [1.82, 2.24) is 15.3 Å². The van der Waals surface area contributed by atoms with Crippen molar-refractivity contribution in [3.05, 3.63) is 12.3 Å². The lowest BCUT2D eigenvalue weighted by atomic mass is 10.1. The van der Waals surface area contributed by atoms with Gasteiger partial charge in [-0.1, -0.05) is 6.42 Å². The summed E-state index contributed by atoms with van der Waals surface area (Å²) in [5.74, 6) is 0. The van der Waals surface area contributed by atoms with Crippen LogP contribution in [0.15, 0.2) is 12.3 Å². The predicted molar refractivity (Wildman–Crippen MR) is 53.9 cm³/mol. The zero-order valence-electron chi connectivity index (χ0n) is 8.37. The van der Waals surface area contributed by atoms with Gasteiger partial charge in [0.15, 0.2) is 0 Å². The van der Waals surface area contributed by atoms with Gasteiger partial charge < -0.3 is 5.01 Å². The molecule has 1 saturated heterocycles. The standard InChI is InChI=1S/C10H19N3/c1-10-5-8-13(11-10)9-12-6-3-2-4-7-12/h5,8,10-11H,2-4,6-7,9H2,1H3. The molecule has 3 heteroatoms. The first kappa shape index (κ1) is 9.03. The molecule has 2 aliphatic heterocycles. The second-order valence-electron chi connectivity index (χ2n) is 4.05. The second kappa shape index (κ2) is 4.11. The van der Waals surface area contributed by atoms with Gasteiger partial charge in [-0.05, 0) is 38.9 Å². The number of nitrogens with one attached hydrogen (secondary N) is 1. The minimum atomic E-state index is 0.504. The lowest BCUT2D eigenvalue weighted by Gasteiger charge is -2.31. The van der Waals surface area contributed by atoms with Gasteiger partial charge in [-0.15, -0.1) is 0 Å². The first-order chi connectivity index (χ1) is 6.34. The summed E-state index contributed by atoms with van der Waals surface area (Å²) in [6.07, 6.45) is 8.50. The second-order valence-corrected chi connectivity index (χ2v) is 4.05. The van der Waals surface area contributed by atoms with E-state index in [1.165, 1.54) is 32.4 Å². The summed E-state index contributed by atoms with van der Waals surface area (Å²) < 4.78 is 0. The molecule has 0 amide bonds. The smallest absolute Gasteiger partial charge is 0.0856 e. The average molecular weight is 181 g/mol. The number of rotatable bonds is 2. The normalized spacial score (nSPS) is 29.9. The van der Waals surface area contributed by atoms with Crippen LogP contribution in [0, 0.1) is 0 Å². The highest BCUT2D eigenvalue weighted by atomic mass is 15.6. The van der Waals surface area contributed by atoms with Crippen molar-refractivity contribution in [1.29, 1.82) is 0 Å². The van der Waals surface area contributed by atoms with E-state index in [9.17, 15) is 0 Å². The summed E-state index contributed by atoms with van der Waals surface area (Å²) in [7, 11) is 0. The Balaban J connectivity index is 1.74.